The maximum atomic E-state index is 12.6. The van der Waals surface area contributed by atoms with Gasteiger partial charge in [-0.3, -0.25) is 9.59 Å². The lowest BCUT2D eigenvalue weighted by molar-refractivity contribution is -0.200. The second kappa shape index (κ2) is 15.5. The van der Waals surface area contributed by atoms with Crippen LogP contribution >= 0.6 is 11.8 Å². The van der Waals surface area contributed by atoms with Gasteiger partial charge in [-0.1, -0.05) is 56.3 Å². The molecule has 0 aromatic heterocycles. The molecule has 1 saturated heterocycles. The van der Waals surface area contributed by atoms with Gasteiger partial charge in [0.05, 0.1) is 5.41 Å². The zero-order chi connectivity index (χ0) is 31.0. The average molecular weight is 601 g/mol. The van der Waals surface area contributed by atoms with Crippen LogP contribution in [-0.2, 0) is 27.2 Å². The van der Waals surface area contributed by atoms with Gasteiger partial charge in [0.25, 0.3) is 0 Å². The number of aliphatic hydroxyl groups excluding tert-OH is 3. The topological polar surface area (TPSA) is 119 Å². The number of nitrogens with zero attached hydrogens (tertiary/aromatic N) is 1. The minimum Gasteiger partial charge on any atom is -0.387 e. The number of benzene rings is 2. The van der Waals surface area contributed by atoms with E-state index in [-0.39, 0.29) is 18.1 Å². The van der Waals surface area contributed by atoms with Crippen molar-refractivity contribution in [1.29, 1.82) is 0 Å². The minimum atomic E-state index is -1.28. The number of ketones is 1. The zero-order valence-corrected chi connectivity index (χ0v) is 26.6. The van der Waals surface area contributed by atoms with Crippen LogP contribution in [0.25, 0.3) is 0 Å². The molecule has 4 N–H and O–H groups in total. The van der Waals surface area contributed by atoms with E-state index in [9.17, 15) is 24.9 Å². The Morgan fingerprint density at radius 2 is 1.67 bits per heavy atom. The normalized spacial score (nSPS) is 22.8. The number of rotatable bonds is 14. The van der Waals surface area contributed by atoms with Crippen molar-refractivity contribution in [3.05, 3.63) is 70.3 Å². The number of likely N-dealkylation sites (N-methyl/N-ethyl adjacent to an activating group) is 1. The summed E-state index contributed by atoms with van der Waals surface area (Å²) in [7, 11) is 3.91. The molecule has 1 aliphatic rings. The van der Waals surface area contributed by atoms with Crippen molar-refractivity contribution >= 4 is 23.5 Å². The third kappa shape index (κ3) is 9.36. The molecule has 1 heterocycles. The highest BCUT2D eigenvalue weighted by Crippen LogP contribution is 2.36. The maximum Gasteiger partial charge on any atom is 0.226 e. The first-order valence-electron chi connectivity index (χ1n) is 14.7. The fourth-order valence-corrected chi connectivity index (χ4v) is 5.88. The Morgan fingerprint density at radius 3 is 2.31 bits per heavy atom. The molecular weight excluding hydrogens is 552 g/mol. The van der Waals surface area contributed by atoms with E-state index in [1.807, 2.05) is 58.0 Å². The van der Waals surface area contributed by atoms with Crippen LogP contribution in [0.3, 0.4) is 0 Å². The van der Waals surface area contributed by atoms with Crippen molar-refractivity contribution in [3.63, 3.8) is 0 Å². The smallest absolute Gasteiger partial charge is 0.226 e. The molecule has 8 nitrogen and oxygen atoms in total. The Morgan fingerprint density at radius 1 is 1.00 bits per heavy atom. The van der Waals surface area contributed by atoms with E-state index in [1.165, 1.54) is 11.8 Å². The molecule has 2 aromatic rings. The summed E-state index contributed by atoms with van der Waals surface area (Å²) in [6, 6.07) is 14.3. The summed E-state index contributed by atoms with van der Waals surface area (Å²) in [6.07, 6.45) is 0.324. The summed E-state index contributed by atoms with van der Waals surface area (Å²) in [4.78, 5) is 27.1. The molecule has 1 aliphatic heterocycles. The van der Waals surface area contributed by atoms with Gasteiger partial charge in [-0.15, -0.1) is 11.8 Å². The Hall–Kier alpha value is -2.27. The first-order valence-corrected chi connectivity index (χ1v) is 16.0. The molecule has 0 aliphatic carbocycles. The summed E-state index contributed by atoms with van der Waals surface area (Å²) >= 11 is 1.30. The molecule has 42 heavy (non-hydrogen) atoms. The number of amides is 1. The molecule has 0 saturated carbocycles. The van der Waals surface area contributed by atoms with Crippen LogP contribution in [0.5, 0.6) is 0 Å². The highest BCUT2D eigenvalue weighted by Gasteiger charge is 2.44. The second-order valence-electron chi connectivity index (χ2n) is 12.3. The van der Waals surface area contributed by atoms with Crippen molar-refractivity contribution < 1.29 is 29.6 Å². The van der Waals surface area contributed by atoms with E-state index in [0.717, 1.165) is 47.2 Å². The second-order valence-corrected chi connectivity index (χ2v) is 13.3. The molecule has 0 bridgehead atoms. The predicted octanol–water partition coefficient (Wildman–Crippen LogP) is 3.41. The molecule has 2 aromatic carbocycles. The van der Waals surface area contributed by atoms with Crippen LogP contribution in [0.15, 0.2) is 42.5 Å². The molecule has 1 fully saturated rings. The van der Waals surface area contributed by atoms with Crippen LogP contribution in [0.1, 0.15) is 67.0 Å². The fraction of sp³-hybridized carbons (Fsp3) is 0.576. The van der Waals surface area contributed by atoms with Gasteiger partial charge in [0.15, 0.2) is 0 Å². The van der Waals surface area contributed by atoms with Crippen molar-refractivity contribution in [2.75, 3.05) is 33.4 Å². The number of carbonyl (C=O) groups is 2. The highest BCUT2D eigenvalue weighted by molar-refractivity contribution is 7.99. The van der Waals surface area contributed by atoms with Gasteiger partial charge in [-0.2, -0.15) is 0 Å². The molecule has 3 rings (SSSR count). The highest BCUT2D eigenvalue weighted by atomic mass is 32.2. The Labute approximate surface area is 254 Å². The van der Waals surface area contributed by atoms with Crippen LogP contribution in [-0.4, -0.2) is 89.1 Å². The number of thioether (sulfide) groups is 1. The summed E-state index contributed by atoms with van der Waals surface area (Å²) in [5.74, 6) is 0.0183. The molecule has 9 heteroatoms. The third-order valence-electron chi connectivity index (χ3n) is 7.94. The lowest BCUT2D eigenvalue weighted by atomic mass is 9.85. The van der Waals surface area contributed by atoms with E-state index in [4.69, 9.17) is 4.74 Å². The third-order valence-corrected chi connectivity index (χ3v) is 8.80. The quantitative estimate of drug-likeness (QED) is 0.261. The lowest BCUT2D eigenvalue weighted by Crippen LogP contribution is -2.52. The summed E-state index contributed by atoms with van der Waals surface area (Å²) in [6.45, 7) is 7.02. The molecule has 232 valence electrons. The van der Waals surface area contributed by atoms with Gasteiger partial charge in [0.1, 0.15) is 35.6 Å². The standard InChI is InChI=1S/C33H48N2O6S/c1-21-10-15-24(30-28(38)27(37)29(39)31(41-30)42-6)19-25(21)18-23-13-11-22(12-14-23)8-7-9-26(36)20-33(2,3)32(40)34-16-17-35(4)5/h10-15,19,27-31,37-39H,7-9,16-18,20H2,1-6H3,(H,34,40)/t27-,28-,29+,30+,31-/m1/s1. The number of hydrogen-bond donors (Lipinski definition) is 4. The van der Waals surface area contributed by atoms with Crippen LogP contribution < -0.4 is 5.32 Å². The lowest BCUT2D eigenvalue weighted by Gasteiger charge is -2.40. The molecule has 0 radical (unpaired) electrons. The van der Waals surface area contributed by atoms with Gasteiger partial charge in [0.2, 0.25) is 5.91 Å². The summed E-state index contributed by atoms with van der Waals surface area (Å²) in [5, 5.41) is 34.1. The van der Waals surface area contributed by atoms with Gasteiger partial charge in [0, 0.05) is 25.9 Å². The number of carbonyl (C=O) groups excluding carboxylic acids is 2. The maximum absolute atomic E-state index is 12.6. The molecule has 5 atom stereocenters. The number of ether oxygens (including phenoxy) is 1. The van der Waals surface area contributed by atoms with Crippen molar-refractivity contribution in [3.8, 4) is 0 Å². The van der Waals surface area contributed by atoms with Gasteiger partial charge in [-0.25, -0.2) is 0 Å². The first kappa shape index (κ1) is 34.2. The molecule has 0 unspecified atom stereocenters. The van der Waals surface area contributed by atoms with E-state index in [2.05, 4.69) is 29.6 Å². The Kier molecular flexibility index (Phi) is 12.6. The molecular formula is C33H48N2O6S. The molecule has 0 spiro atoms. The van der Waals surface area contributed by atoms with Gasteiger partial charge >= 0.3 is 0 Å². The minimum absolute atomic E-state index is 0.0861. The van der Waals surface area contributed by atoms with Gasteiger partial charge in [-0.05, 0) is 74.4 Å². The van der Waals surface area contributed by atoms with Crippen LogP contribution in [0.4, 0.5) is 0 Å². The average Bonchev–Trinajstić information content (AvgIpc) is 2.93. The van der Waals surface area contributed by atoms with E-state index >= 15 is 0 Å². The fourth-order valence-electron chi connectivity index (χ4n) is 5.20. The monoisotopic (exact) mass is 600 g/mol. The molecule has 1 amide bonds. The SMILES string of the molecule is CS[C@H]1O[C@@H](c2ccc(C)c(Cc3ccc(CCCC(=O)CC(C)(C)C(=O)NCCN(C)C)cc3)c2)[C@H](O)[C@@H](O)[C@@H]1O. The van der Waals surface area contributed by atoms with Crippen LogP contribution in [0, 0.1) is 12.3 Å². The first-order chi connectivity index (χ1) is 19.8. The Balaban J connectivity index is 1.53. The largest absolute Gasteiger partial charge is 0.387 e. The van der Waals surface area contributed by atoms with Crippen molar-refractivity contribution in [2.24, 2.45) is 5.41 Å². The van der Waals surface area contributed by atoms with E-state index in [1.54, 1.807) is 6.26 Å². The number of nitrogens with one attached hydrogen (secondary N) is 1. The summed E-state index contributed by atoms with van der Waals surface area (Å²) in [5.41, 5.74) is 3.93. The van der Waals surface area contributed by atoms with E-state index in [0.29, 0.717) is 19.4 Å². The van der Waals surface area contributed by atoms with Crippen molar-refractivity contribution in [2.45, 2.75) is 82.7 Å². The summed E-state index contributed by atoms with van der Waals surface area (Å²) < 4.78 is 5.95. The van der Waals surface area contributed by atoms with E-state index < -0.39 is 35.3 Å². The number of aliphatic hydroxyl groups is 3. The number of aryl methyl sites for hydroxylation is 2. The zero-order valence-electron chi connectivity index (χ0n) is 25.8. The number of hydrogen-bond acceptors (Lipinski definition) is 8. The predicted molar refractivity (Wildman–Crippen MR) is 167 cm³/mol. The van der Waals surface area contributed by atoms with Crippen molar-refractivity contribution in [1.82, 2.24) is 10.2 Å². The Bertz CT molecular complexity index is 1180. The van der Waals surface area contributed by atoms with Crippen LogP contribution in [0.2, 0.25) is 0 Å². The number of Topliss-reactive ketones (excluding diaryl/α,β-unsaturated/α-hetero) is 1. The van der Waals surface area contributed by atoms with Gasteiger partial charge < -0.3 is 30.3 Å².